The maximum absolute atomic E-state index is 9.24. The van der Waals surface area contributed by atoms with E-state index in [1.165, 1.54) is 5.56 Å². The molecule has 2 rings (SSSR count). The van der Waals surface area contributed by atoms with E-state index in [0.717, 1.165) is 22.7 Å². The van der Waals surface area contributed by atoms with Crippen LogP contribution in [0.4, 0.5) is 0 Å². The van der Waals surface area contributed by atoms with Gasteiger partial charge in [-0.1, -0.05) is 17.7 Å². The highest BCUT2D eigenvalue weighted by Gasteiger charge is 2.22. The molecular weight excluding hydrogens is 278 g/mol. The molecule has 1 atom stereocenters. The zero-order valence-electron chi connectivity index (χ0n) is 13.5. The monoisotopic (exact) mass is 303 g/mol. The van der Waals surface area contributed by atoms with E-state index >= 15 is 0 Å². The third-order valence-corrected chi connectivity index (χ3v) is 3.68. The molecule has 0 amide bonds. The van der Waals surface area contributed by atoms with Gasteiger partial charge < -0.3 is 15.6 Å². The van der Waals surface area contributed by atoms with Gasteiger partial charge in [-0.3, -0.25) is 4.68 Å². The second-order valence-corrected chi connectivity index (χ2v) is 5.42. The molecule has 5 nitrogen and oxygen atoms in total. The SMILES string of the molecule is CCOc1ccc(C)cc1C(CN)c1cc(C)nn1CCO. The molecule has 0 radical (unpaired) electrons. The zero-order chi connectivity index (χ0) is 16.1. The molecule has 0 aliphatic carbocycles. The van der Waals surface area contributed by atoms with Gasteiger partial charge >= 0.3 is 0 Å². The largest absolute Gasteiger partial charge is 0.494 e. The van der Waals surface area contributed by atoms with Gasteiger partial charge in [-0.15, -0.1) is 0 Å². The Hall–Kier alpha value is -1.85. The van der Waals surface area contributed by atoms with Crippen molar-refractivity contribution < 1.29 is 9.84 Å². The minimum atomic E-state index is -0.00537. The lowest BCUT2D eigenvalue weighted by Crippen LogP contribution is -2.20. The Kier molecular flexibility index (Phi) is 5.57. The first kappa shape index (κ1) is 16.5. The summed E-state index contributed by atoms with van der Waals surface area (Å²) in [5.74, 6) is 0.854. The average Bonchev–Trinajstić information content (AvgIpc) is 2.84. The van der Waals surface area contributed by atoms with Crippen LogP contribution in [0.1, 0.15) is 35.4 Å². The van der Waals surface area contributed by atoms with Crippen LogP contribution in [0.15, 0.2) is 24.3 Å². The summed E-state index contributed by atoms with van der Waals surface area (Å²) >= 11 is 0. The van der Waals surface area contributed by atoms with Crippen LogP contribution in [0.3, 0.4) is 0 Å². The predicted octanol–water partition coefficient (Wildman–Crippen LogP) is 1.98. The number of aromatic nitrogens is 2. The lowest BCUT2D eigenvalue weighted by atomic mass is 9.93. The van der Waals surface area contributed by atoms with Crippen LogP contribution in [0.2, 0.25) is 0 Å². The number of aliphatic hydroxyl groups is 1. The lowest BCUT2D eigenvalue weighted by Gasteiger charge is -2.20. The van der Waals surface area contributed by atoms with Crippen molar-refractivity contribution in [2.75, 3.05) is 19.8 Å². The molecule has 5 heteroatoms. The number of aryl methyl sites for hydroxylation is 2. The molecule has 1 heterocycles. The first-order valence-corrected chi connectivity index (χ1v) is 7.69. The van der Waals surface area contributed by atoms with Crippen molar-refractivity contribution in [1.82, 2.24) is 9.78 Å². The average molecular weight is 303 g/mol. The molecule has 120 valence electrons. The van der Waals surface area contributed by atoms with Crippen LogP contribution in [0, 0.1) is 13.8 Å². The highest BCUT2D eigenvalue weighted by Crippen LogP contribution is 2.32. The van der Waals surface area contributed by atoms with Crippen molar-refractivity contribution in [2.45, 2.75) is 33.2 Å². The fraction of sp³-hybridized carbons (Fsp3) is 0.471. The Morgan fingerprint density at radius 2 is 2.09 bits per heavy atom. The fourth-order valence-electron chi connectivity index (χ4n) is 2.75. The number of hydrogen-bond acceptors (Lipinski definition) is 4. The maximum atomic E-state index is 9.24. The smallest absolute Gasteiger partial charge is 0.123 e. The summed E-state index contributed by atoms with van der Waals surface area (Å²) in [7, 11) is 0. The van der Waals surface area contributed by atoms with Gasteiger partial charge in [0, 0.05) is 23.7 Å². The Labute approximate surface area is 131 Å². The predicted molar refractivity (Wildman–Crippen MR) is 87.3 cm³/mol. The molecule has 0 bridgehead atoms. The highest BCUT2D eigenvalue weighted by molar-refractivity contribution is 5.43. The Morgan fingerprint density at radius 3 is 2.73 bits per heavy atom. The summed E-state index contributed by atoms with van der Waals surface area (Å²) < 4.78 is 7.61. The van der Waals surface area contributed by atoms with Crippen molar-refractivity contribution in [3.8, 4) is 5.75 Å². The number of hydrogen-bond donors (Lipinski definition) is 2. The Balaban J connectivity index is 2.50. The van der Waals surface area contributed by atoms with Gasteiger partial charge in [0.2, 0.25) is 0 Å². The molecule has 3 N–H and O–H groups in total. The van der Waals surface area contributed by atoms with Crippen LogP contribution in [-0.4, -0.2) is 34.6 Å². The molecule has 0 aliphatic heterocycles. The Bertz CT molecular complexity index is 622. The number of nitrogens with two attached hydrogens (primary N) is 1. The maximum Gasteiger partial charge on any atom is 0.123 e. The van der Waals surface area contributed by atoms with Crippen LogP contribution in [-0.2, 0) is 6.54 Å². The van der Waals surface area contributed by atoms with Crippen molar-refractivity contribution in [1.29, 1.82) is 0 Å². The van der Waals surface area contributed by atoms with E-state index in [4.69, 9.17) is 10.5 Å². The van der Waals surface area contributed by atoms with Gasteiger partial charge in [0.05, 0.1) is 25.5 Å². The molecular formula is C17H25N3O2. The van der Waals surface area contributed by atoms with Crippen LogP contribution in [0.5, 0.6) is 5.75 Å². The molecule has 0 saturated heterocycles. The van der Waals surface area contributed by atoms with Gasteiger partial charge in [-0.25, -0.2) is 0 Å². The number of ether oxygens (including phenoxy) is 1. The first-order chi connectivity index (χ1) is 10.6. The van der Waals surface area contributed by atoms with Crippen LogP contribution >= 0.6 is 0 Å². The van der Waals surface area contributed by atoms with E-state index in [1.54, 1.807) is 0 Å². The third kappa shape index (κ3) is 3.48. The minimum absolute atomic E-state index is 0.00537. The molecule has 0 fully saturated rings. The summed E-state index contributed by atoms with van der Waals surface area (Å²) in [4.78, 5) is 0. The van der Waals surface area contributed by atoms with Gasteiger partial charge in [0.15, 0.2) is 0 Å². The van der Waals surface area contributed by atoms with Crippen molar-refractivity contribution in [3.63, 3.8) is 0 Å². The van der Waals surface area contributed by atoms with Gasteiger partial charge in [-0.2, -0.15) is 5.10 Å². The lowest BCUT2D eigenvalue weighted by molar-refractivity contribution is 0.266. The number of aliphatic hydroxyl groups excluding tert-OH is 1. The van der Waals surface area contributed by atoms with Gasteiger partial charge in [0.1, 0.15) is 5.75 Å². The first-order valence-electron chi connectivity index (χ1n) is 7.69. The molecule has 22 heavy (non-hydrogen) atoms. The Morgan fingerprint density at radius 1 is 1.32 bits per heavy atom. The quantitative estimate of drug-likeness (QED) is 0.820. The number of nitrogens with zero attached hydrogens (tertiary/aromatic N) is 2. The summed E-state index contributed by atoms with van der Waals surface area (Å²) in [6, 6.07) is 8.19. The minimum Gasteiger partial charge on any atom is -0.494 e. The highest BCUT2D eigenvalue weighted by atomic mass is 16.5. The molecule has 0 spiro atoms. The second-order valence-electron chi connectivity index (χ2n) is 5.42. The van der Waals surface area contributed by atoms with E-state index in [1.807, 2.05) is 36.7 Å². The summed E-state index contributed by atoms with van der Waals surface area (Å²) in [6.07, 6.45) is 0. The number of rotatable bonds is 7. The second kappa shape index (κ2) is 7.42. The molecule has 1 aromatic heterocycles. The van der Waals surface area contributed by atoms with Crippen molar-refractivity contribution >= 4 is 0 Å². The summed E-state index contributed by atoms with van der Waals surface area (Å²) in [5.41, 5.74) is 10.2. The van der Waals surface area contributed by atoms with E-state index in [0.29, 0.717) is 19.7 Å². The van der Waals surface area contributed by atoms with E-state index in [9.17, 15) is 5.11 Å². The molecule has 0 aliphatic rings. The van der Waals surface area contributed by atoms with E-state index in [2.05, 4.69) is 18.1 Å². The van der Waals surface area contributed by atoms with Crippen LogP contribution < -0.4 is 10.5 Å². The van der Waals surface area contributed by atoms with E-state index in [-0.39, 0.29) is 12.5 Å². The van der Waals surface area contributed by atoms with Crippen LogP contribution in [0.25, 0.3) is 0 Å². The molecule has 2 aromatic rings. The fourth-order valence-corrected chi connectivity index (χ4v) is 2.75. The summed E-state index contributed by atoms with van der Waals surface area (Å²) in [5, 5.41) is 13.7. The third-order valence-electron chi connectivity index (χ3n) is 3.68. The molecule has 1 unspecified atom stereocenters. The van der Waals surface area contributed by atoms with Gasteiger partial charge in [0.25, 0.3) is 0 Å². The molecule has 0 saturated carbocycles. The van der Waals surface area contributed by atoms with Crippen molar-refractivity contribution in [3.05, 3.63) is 46.8 Å². The van der Waals surface area contributed by atoms with Gasteiger partial charge in [-0.05, 0) is 32.9 Å². The summed E-state index contributed by atoms with van der Waals surface area (Å²) in [6.45, 7) is 7.57. The zero-order valence-corrected chi connectivity index (χ0v) is 13.5. The van der Waals surface area contributed by atoms with Crippen molar-refractivity contribution in [2.24, 2.45) is 5.73 Å². The molecule has 1 aromatic carbocycles. The normalized spacial score (nSPS) is 12.4. The topological polar surface area (TPSA) is 73.3 Å². The number of benzene rings is 1. The van der Waals surface area contributed by atoms with E-state index < -0.39 is 0 Å². The standard InChI is InChI=1S/C17H25N3O2/c1-4-22-17-6-5-12(2)9-14(17)15(11-18)16-10-13(3)19-20(16)7-8-21/h5-6,9-10,15,21H,4,7-8,11,18H2,1-3H3.